The molecule has 0 saturated carbocycles. The molecule has 0 radical (unpaired) electrons. The van der Waals surface area contributed by atoms with Crippen molar-refractivity contribution in [3.05, 3.63) is 100 Å². The van der Waals surface area contributed by atoms with E-state index in [0.717, 1.165) is 22.3 Å². The monoisotopic (exact) mass is 464 g/mol. The topological polar surface area (TPSA) is 58.6 Å². The molecule has 6 heteroatoms. The normalized spacial score (nSPS) is 11.5. The number of hydrogen-bond acceptors (Lipinski definition) is 3. The zero-order valence-electron chi connectivity index (χ0n) is 19.2. The smallest absolute Gasteiger partial charge is 0.261 e. The molecule has 3 aromatic carbocycles. The van der Waals surface area contributed by atoms with Crippen molar-refractivity contribution in [2.75, 3.05) is 13.7 Å². The number of hydrogen-bond donors (Lipinski definition) is 1. The van der Waals surface area contributed by atoms with Gasteiger partial charge < -0.3 is 15.0 Å². The molecule has 0 spiro atoms. The first-order valence-corrected chi connectivity index (χ1v) is 11.2. The second-order valence-electron chi connectivity index (χ2n) is 7.96. The zero-order chi connectivity index (χ0) is 23.8. The van der Waals surface area contributed by atoms with Crippen molar-refractivity contribution in [2.24, 2.45) is 0 Å². The molecule has 0 aliphatic carbocycles. The Labute approximate surface area is 200 Å². The van der Waals surface area contributed by atoms with Gasteiger partial charge >= 0.3 is 0 Å². The van der Waals surface area contributed by atoms with E-state index in [-0.39, 0.29) is 25.0 Å². The molecule has 3 rings (SSSR count). The minimum atomic E-state index is -0.703. The summed E-state index contributed by atoms with van der Waals surface area (Å²) in [7, 11) is 1.58. The van der Waals surface area contributed by atoms with Crippen LogP contribution >= 0.6 is 11.6 Å². The molecule has 0 aliphatic heterocycles. The van der Waals surface area contributed by atoms with E-state index >= 15 is 0 Å². The van der Waals surface area contributed by atoms with Gasteiger partial charge in [0.1, 0.15) is 11.8 Å². The summed E-state index contributed by atoms with van der Waals surface area (Å²) in [5.41, 5.74) is 3.87. The Morgan fingerprint density at radius 2 is 1.67 bits per heavy atom. The van der Waals surface area contributed by atoms with Crippen LogP contribution in [0.5, 0.6) is 5.75 Å². The Balaban J connectivity index is 1.89. The maximum Gasteiger partial charge on any atom is 0.261 e. The summed E-state index contributed by atoms with van der Waals surface area (Å²) in [4.78, 5) is 27.9. The second-order valence-corrected chi connectivity index (χ2v) is 8.39. The summed E-state index contributed by atoms with van der Waals surface area (Å²) in [6.07, 6.45) is 0.385. The predicted molar refractivity (Wildman–Crippen MR) is 131 cm³/mol. The summed E-state index contributed by atoms with van der Waals surface area (Å²) in [5.74, 6) is 0.145. The van der Waals surface area contributed by atoms with Gasteiger partial charge in [0.05, 0.1) is 0 Å². The number of carbonyl (C=O) groups is 2. The summed E-state index contributed by atoms with van der Waals surface area (Å²) < 4.78 is 5.89. The summed E-state index contributed by atoms with van der Waals surface area (Å²) in [5, 5.41) is 3.28. The molecule has 3 aromatic rings. The number of nitrogens with one attached hydrogen (secondary N) is 1. The lowest BCUT2D eigenvalue weighted by Gasteiger charge is -2.31. The van der Waals surface area contributed by atoms with Gasteiger partial charge in [-0.25, -0.2) is 0 Å². The minimum absolute atomic E-state index is 0.173. The maximum absolute atomic E-state index is 13.4. The van der Waals surface area contributed by atoms with Crippen LogP contribution in [0.2, 0.25) is 5.02 Å². The highest BCUT2D eigenvalue weighted by Crippen LogP contribution is 2.22. The lowest BCUT2D eigenvalue weighted by Crippen LogP contribution is -2.51. The number of aryl methyl sites for hydroxylation is 1. The molecule has 0 aliphatic rings. The number of carbonyl (C=O) groups excluding carboxylic acids is 2. The Bertz CT molecular complexity index is 1100. The fourth-order valence-electron chi connectivity index (χ4n) is 3.66. The van der Waals surface area contributed by atoms with E-state index < -0.39 is 6.04 Å². The van der Waals surface area contributed by atoms with Gasteiger partial charge in [0, 0.05) is 25.0 Å². The van der Waals surface area contributed by atoms with Gasteiger partial charge in [0.25, 0.3) is 5.91 Å². The molecule has 172 valence electrons. The number of halogens is 1. The third kappa shape index (κ3) is 6.59. The number of nitrogens with zero attached hydrogens (tertiary/aromatic N) is 1. The lowest BCUT2D eigenvalue weighted by molar-refractivity contribution is -0.142. The van der Waals surface area contributed by atoms with Crippen LogP contribution < -0.4 is 10.1 Å². The highest BCUT2D eigenvalue weighted by atomic mass is 35.5. The van der Waals surface area contributed by atoms with Crippen LogP contribution in [-0.2, 0) is 22.6 Å². The molecule has 0 heterocycles. The molecule has 1 atom stereocenters. The van der Waals surface area contributed by atoms with Gasteiger partial charge in [0.2, 0.25) is 5.91 Å². The molecule has 33 heavy (non-hydrogen) atoms. The molecule has 2 amide bonds. The summed E-state index contributed by atoms with van der Waals surface area (Å²) in [6, 6.07) is 22.0. The van der Waals surface area contributed by atoms with Gasteiger partial charge in [-0.3, -0.25) is 9.59 Å². The van der Waals surface area contributed by atoms with Gasteiger partial charge in [-0.2, -0.15) is 0 Å². The molecule has 1 N–H and O–H groups in total. The Hall–Kier alpha value is -3.31. The van der Waals surface area contributed by atoms with Gasteiger partial charge in [0.15, 0.2) is 6.61 Å². The van der Waals surface area contributed by atoms with E-state index in [1.54, 1.807) is 24.1 Å². The second kappa shape index (κ2) is 11.5. The average Bonchev–Trinajstić information content (AvgIpc) is 2.82. The number of likely N-dealkylation sites (N-methyl/N-ethyl adjacent to an activating group) is 1. The lowest BCUT2D eigenvalue weighted by atomic mass is 10.0. The Kier molecular flexibility index (Phi) is 8.50. The van der Waals surface area contributed by atoms with Gasteiger partial charge in [-0.1, -0.05) is 66.2 Å². The fourth-order valence-corrected chi connectivity index (χ4v) is 3.87. The van der Waals surface area contributed by atoms with Crippen LogP contribution in [0.15, 0.2) is 72.8 Å². The van der Waals surface area contributed by atoms with E-state index in [4.69, 9.17) is 16.3 Å². The van der Waals surface area contributed by atoms with E-state index in [1.165, 1.54) is 0 Å². The van der Waals surface area contributed by atoms with Gasteiger partial charge in [-0.15, -0.1) is 0 Å². The minimum Gasteiger partial charge on any atom is -0.483 e. The molecular formula is C27H29ClN2O3. The third-order valence-corrected chi connectivity index (χ3v) is 5.90. The molecule has 0 bridgehead atoms. The molecule has 0 saturated heterocycles. The number of amides is 2. The van der Waals surface area contributed by atoms with Crippen molar-refractivity contribution in [1.29, 1.82) is 0 Å². The van der Waals surface area contributed by atoms with E-state index in [9.17, 15) is 9.59 Å². The van der Waals surface area contributed by atoms with E-state index in [0.29, 0.717) is 17.2 Å². The quantitative estimate of drug-likeness (QED) is 0.498. The number of rotatable bonds is 9. The van der Waals surface area contributed by atoms with Crippen LogP contribution in [0, 0.1) is 13.8 Å². The first kappa shape index (κ1) is 24.3. The highest BCUT2D eigenvalue weighted by molar-refractivity contribution is 6.30. The van der Waals surface area contributed by atoms with Crippen LogP contribution in [0.3, 0.4) is 0 Å². The first-order valence-electron chi connectivity index (χ1n) is 10.9. The van der Waals surface area contributed by atoms with Gasteiger partial charge in [-0.05, 0) is 54.3 Å². The van der Waals surface area contributed by atoms with Crippen molar-refractivity contribution in [1.82, 2.24) is 10.2 Å². The standard InChI is InChI=1S/C27H29ClN2O3/c1-19-9-7-14-25(20(19)2)33-18-26(31)30(17-22-12-8-13-23(28)15-22)24(27(32)29-3)16-21-10-5-4-6-11-21/h4-15,24H,16-18H2,1-3H3,(H,29,32). The van der Waals surface area contributed by atoms with Crippen molar-refractivity contribution >= 4 is 23.4 Å². The number of benzene rings is 3. The molecule has 5 nitrogen and oxygen atoms in total. The van der Waals surface area contributed by atoms with Crippen molar-refractivity contribution in [3.63, 3.8) is 0 Å². The Morgan fingerprint density at radius 1 is 0.970 bits per heavy atom. The molecule has 0 fully saturated rings. The van der Waals surface area contributed by atoms with Crippen molar-refractivity contribution in [2.45, 2.75) is 32.9 Å². The third-order valence-electron chi connectivity index (χ3n) is 5.67. The predicted octanol–water partition coefficient (Wildman–Crippen LogP) is 4.72. The Morgan fingerprint density at radius 3 is 2.36 bits per heavy atom. The molecule has 0 aromatic heterocycles. The largest absolute Gasteiger partial charge is 0.483 e. The molecule has 1 unspecified atom stereocenters. The van der Waals surface area contributed by atoms with Crippen molar-refractivity contribution < 1.29 is 14.3 Å². The van der Waals surface area contributed by atoms with Crippen LogP contribution in [0.25, 0.3) is 0 Å². The van der Waals surface area contributed by atoms with Crippen LogP contribution in [-0.4, -0.2) is 36.4 Å². The van der Waals surface area contributed by atoms with Crippen LogP contribution in [0.4, 0.5) is 0 Å². The van der Waals surface area contributed by atoms with E-state index in [1.807, 2.05) is 74.5 Å². The zero-order valence-corrected chi connectivity index (χ0v) is 19.9. The fraction of sp³-hybridized carbons (Fsp3) is 0.259. The number of ether oxygens (including phenoxy) is 1. The van der Waals surface area contributed by atoms with E-state index in [2.05, 4.69) is 5.32 Å². The average molecular weight is 465 g/mol. The maximum atomic E-state index is 13.4. The summed E-state index contributed by atoms with van der Waals surface area (Å²) >= 11 is 6.17. The highest BCUT2D eigenvalue weighted by Gasteiger charge is 2.30. The SMILES string of the molecule is CNC(=O)C(Cc1ccccc1)N(Cc1cccc(Cl)c1)C(=O)COc1cccc(C)c1C. The summed E-state index contributed by atoms with van der Waals surface area (Å²) in [6.45, 7) is 4.02. The molecular weight excluding hydrogens is 436 g/mol. The van der Waals surface area contributed by atoms with Crippen LogP contribution in [0.1, 0.15) is 22.3 Å². The van der Waals surface area contributed by atoms with Crippen molar-refractivity contribution in [3.8, 4) is 5.75 Å². The first-order chi connectivity index (χ1) is 15.9.